The van der Waals surface area contributed by atoms with Crippen molar-refractivity contribution < 1.29 is 13.2 Å². The van der Waals surface area contributed by atoms with E-state index in [0.29, 0.717) is 23.4 Å². The van der Waals surface area contributed by atoms with Gasteiger partial charge in [0.05, 0.1) is 11.7 Å². The Hall–Kier alpha value is -3.86. The summed E-state index contributed by atoms with van der Waals surface area (Å²) >= 11 is 0. The second-order valence-corrected chi connectivity index (χ2v) is 10.9. The molecule has 4 aromatic rings. The highest BCUT2D eigenvalue weighted by atomic mass is 19.2. The molecule has 1 saturated heterocycles. The molecule has 0 aromatic carbocycles. The first kappa shape index (κ1) is 25.4. The Morgan fingerprint density at radius 3 is 2.62 bits per heavy atom. The molecular weight excluding hydrogens is 505 g/mol. The monoisotopic (exact) mass is 534 g/mol. The van der Waals surface area contributed by atoms with E-state index < -0.39 is 23.4 Å². The molecular formula is C28H29F3N8. The number of halogens is 3. The van der Waals surface area contributed by atoms with Gasteiger partial charge >= 0.3 is 0 Å². The summed E-state index contributed by atoms with van der Waals surface area (Å²) in [5, 5.41) is 10.8. The Kier molecular flexibility index (Phi) is 6.54. The Balaban J connectivity index is 1.42. The molecule has 39 heavy (non-hydrogen) atoms. The van der Waals surface area contributed by atoms with Crippen LogP contribution >= 0.6 is 0 Å². The predicted octanol–water partition coefficient (Wildman–Crippen LogP) is 5.71. The number of hydrogen-bond donors (Lipinski definition) is 3. The molecule has 4 aromatic heterocycles. The number of piperidine rings is 1. The summed E-state index contributed by atoms with van der Waals surface area (Å²) in [5.74, 6) is -2.62. The third-order valence-electron chi connectivity index (χ3n) is 7.77. The quantitative estimate of drug-likeness (QED) is 0.271. The Morgan fingerprint density at radius 2 is 1.85 bits per heavy atom. The normalized spacial score (nSPS) is 19.1. The lowest BCUT2D eigenvalue weighted by Crippen LogP contribution is -2.49. The van der Waals surface area contributed by atoms with Gasteiger partial charge in [-0.1, -0.05) is 20.3 Å². The van der Waals surface area contributed by atoms with Gasteiger partial charge in [0.1, 0.15) is 11.6 Å². The van der Waals surface area contributed by atoms with Crippen molar-refractivity contribution in [1.82, 2.24) is 30.2 Å². The van der Waals surface area contributed by atoms with Crippen LogP contribution in [0.1, 0.15) is 51.0 Å². The van der Waals surface area contributed by atoms with E-state index in [1.165, 1.54) is 12.6 Å². The minimum absolute atomic E-state index is 0.00438. The molecule has 1 atom stereocenters. The van der Waals surface area contributed by atoms with Crippen LogP contribution in [0.15, 0.2) is 36.8 Å². The average Bonchev–Trinajstić information content (AvgIpc) is 2.87. The third-order valence-corrected chi connectivity index (χ3v) is 7.77. The maximum atomic E-state index is 14.2. The van der Waals surface area contributed by atoms with Crippen LogP contribution in [0.2, 0.25) is 0 Å². The smallest absolute Gasteiger partial charge is 0.217 e. The van der Waals surface area contributed by atoms with Crippen molar-refractivity contribution in [3.05, 3.63) is 59.9 Å². The van der Waals surface area contributed by atoms with Crippen molar-refractivity contribution in [2.75, 3.05) is 23.7 Å². The molecule has 0 amide bonds. The lowest BCUT2D eigenvalue weighted by Gasteiger charge is -2.40. The van der Waals surface area contributed by atoms with Crippen molar-refractivity contribution >= 4 is 28.4 Å². The molecule has 2 aliphatic rings. The number of rotatable bonds is 6. The van der Waals surface area contributed by atoms with E-state index in [0.717, 1.165) is 54.6 Å². The number of hydrogen-bond acceptors (Lipinski definition) is 8. The van der Waals surface area contributed by atoms with Gasteiger partial charge in [0.25, 0.3) is 0 Å². The zero-order valence-electron chi connectivity index (χ0n) is 21.7. The zero-order chi connectivity index (χ0) is 27.1. The number of nitrogens with zero attached hydrogens (tertiary/aromatic N) is 5. The average molecular weight is 535 g/mol. The van der Waals surface area contributed by atoms with Crippen molar-refractivity contribution in [3.8, 4) is 11.4 Å². The SMILES string of the molecule is CC1(C)CNCC[C@@H]1Nc1nc(-c2ccnc(Nc3nc(F)cc(F)c3F)c2)nc2cncc(C3CCC3)c12. The topological polar surface area (TPSA) is 101 Å². The van der Waals surface area contributed by atoms with E-state index in [-0.39, 0.29) is 17.3 Å². The Morgan fingerprint density at radius 1 is 1.00 bits per heavy atom. The van der Waals surface area contributed by atoms with Crippen LogP contribution in [0, 0.1) is 23.0 Å². The number of pyridine rings is 3. The lowest BCUT2D eigenvalue weighted by molar-refractivity contribution is 0.236. The van der Waals surface area contributed by atoms with Gasteiger partial charge in [0.15, 0.2) is 17.5 Å². The van der Waals surface area contributed by atoms with E-state index in [9.17, 15) is 13.2 Å². The maximum absolute atomic E-state index is 14.2. The van der Waals surface area contributed by atoms with E-state index in [1.54, 1.807) is 18.3 Å². The number of aromatic nitrogens is 5. The summed E-state index contributed by atoms with van der Waals surface area (Å²) < 4.78 is 41.5. The Bertz CT molecular complexity index is 1540. The first-order valence-electron chi connectivity index (χ1n) is 13.2. The second-order valence-electron chi connectivity index (χ2n) is 10.9. The number of nitrogens with one attached hydrogen (secondary N) is 3. The standard InChI is InChI=1S/C28H29F3N8/c1-28(2)14-32-8-7-20(28)36-26-23-17(15-4-3-5-15)12-33-13-19(23)35-25(39-26)16-6-9-34-22(10-16)38-27-24(31)18(29)11-21(30)37-27/h6,9-13,15,20,32H,3-5,7-8,14H2,1-2H3,(H,34,37,38)(H,35,36,39)/t20-/m0/s1. The van der Waals surface area contributed by atoms with Crippen LogP contribution in [-0.2, 0) is 0 Å². The van der Waals surface area contributed by atoms with Crippen LogP contribution in [0.3, 0.4) is 0 Å². The van der Waals surface area contributed by atoms with Gasteiger partial charge in [0.2, 0.25) is 11.8 Å². The fourth-order valence-corrected chi connectivity index (χ4v) is 5.29. The minimum atomic E-state index is -1.34. The van der Waals surface area contributed by atoms with E-state index in [1.807, 2.05) is 6.20 Å². The van der Waals surface area contributed by atoms with Gasteiger partial charge in [-0.3, -0.25) is 4.98 Å². The van der Waals surface area contributed by atoms with Crippen LogP contribution in [0.25, 0.3) is 22.3 Å². The molecule has 0 spiro atoms. The zero-order valence-corrected chi connectivity index (χ0v) is 21.7. The molecule has 0 bridgehead atoms. The van der Waals surface area contributed by atoms with E-state index >= 15 is 0 Å². The largest absolute Gasteiger partial charge is 0.366 e. The molecule has 1 aliphatic carbocycles. The van der Waals surface area contributed by atoms with Crippen molar-refractivity contribution in [1.29, 1.82) is 0 Å². The molecule has 202 valence electrons. The molecule has 11 heteroatoms. The van der Waals surface area contributed by atoms with Crippen molar-refractivity contribution in [2.45, 2.75) is 51.5 Å². The van der Waals surface area contributed by atoms with Gasteiger partial charge in [0, 0.05) is 42.0 Å². The van der Waals surface area contributed by atoms with E-state index in [4.69, 9.17) is 9.97 Å². The molecule has 1 aliphatic heterocycles. The Labute approximate surface area is 223 Å². The summed E-state index contributed by atoms with van der Waals surface area (Å²) in [7, 11) is 0. The second kappa shape index (κ2) is 10.0. The first-order valence-corrected chi connectivity index (χ1v) is 13.2. The minimum Gasteiger partial charge on any atom is -0.366 e. The highest BCUT2D eigenvalue weighted by Crippen LogP contribution is 2.42. The van der Waals surface area contributed by atoms with Gasteiger partial charge in [-0.15, -0.1) is 0 Å². The van der Waals surface area contributed by atoms with Gasteiger partial charge in [-0.25, -0.2) is 19.3 Å². The molecule has 8 nitrogen and oxygen atoms in total. The molecule has 5 heterocycles. The summed E-state index contributed by atoms with van der Waals surface area (Å²) in [6.07, 6.45) is 9.55. The van der Waals surface area contributed by atoms with Gasteiger partial charge in [-0.05, 0) is 54.8 Å². The van der Waals surface area contributed by atoms with Crippen molar-refractivity contribution in [2.24, 2.45) is 5.41 Å². The van der Waals surface area contributed by atoms with Crippen LogP contribution in [-0.4, -0.2) is 44.1 Å². The van der Waals surface area contributed by atoms with Crippen LogP contribution in [0.4, 0.5) is 30.6 Å². The van der Waals surface area contributed by atoms with Crippen molar-refractivity contribution in [3.63, 3.8) is 0 Å². The molecule has 3 N–H and O–H groups in total. The van der Waals surface area contributed by atoms with Crippen LogP contribution in [0.5, 0.6) is 0 Å². The first-order chi connectivity index (χ1) is 18.8. The summed E-state index contributed by atoms with van der Waals surface area (Å²) in [4.78, 5) is 21.9. The van der Waals surface area contributed by atoms with Crippen LogP contribution < -0.4 is 16.0 Å². The molecule has 1 saturated carbocycles. The number of anilines is 3. The van der Waals surface area contributed by atoms with Gasteiger partial charge < -0.3 is 16.0 Å². The van der Waals surface area contributed by atoms with Gasteiger partial charge in [-0.2, -0.15) is 13.8 Å². The highest BCUT2D eigenvalue weighted by molar-refractivity contribution is 5.93. The molecule has 0 unspecified atom stereocenters. The maximum Gasteiger partial charge on any atom is 0.217 e. The fourth-order valence-electron chi connectivity index (χ4n) is 5.29. The summed E-state index contributed by atoms with van der Waals surface area (Å²) in [5.41, 5.74) is 2.48. The number of fused-ring (bicyclic) bond motifs is 1. The highest BCUT2D eigenvalue weighted by Gasteiger charge is 2.33. The fraction of sp³-hybridized carbons (Fsp3) is 0.393. The predicted molar refractivity (Wildman–Crippen MR) is 143 cm³/mol. The molecule has 2 fully saturated rings. The molecule has 6 rings (SSSR count). The summed E-state index contributed by atoms with van der Waals surface area (Å²) in [6, 6.07) is 3.90. The summed E-state index contributed by atoms with van der Waals surface area (Å²) in [6.45, 7) is 6.28. The molecule has 0 radical (unpaired) electrons. The lowest BCUT2D eigenvalue weighted by atomic mass is 9.78. The third kappa shape index (κ3) is 4.98. The van der Waals surface area contributed by atoms with E-state index in [2.05, 4.69) is 44.7 Å².